The van der Waals surface area contributed by atoms with Gasteiger partial charge in [-0.2, -0.15) is 0 Å². The molecule has 0 atom stereocenters. The number of hydrogen-bond donors (Lipinski definition) is 1. The van der Waals surface area contributed by atoms with Crippen molar-refractivity contribution in [2.45, 2.75) is 12.8 Å². The molecule has 2 nitrogen and oxygen atoms in total. The summed E-state index contributed by atoms with van der Waals surface area (Å²) in [6.07, 6.45) is 5.89. The summed E-state index contributed by atoms with van der Waals surface area (Å²) >= 11 is 11.8. The predicted molar refractivity (Wildman–Crippen MR) is 55.5 cm³/mol. The molecule has 0 radical (unpaired) electrons. The number of nitrogens with zero attached hydrogens (tertiary/aromatic N) is 1. The van der Waals surface area contributed by atoms with Gasteiger partial charge in [0.1, 0.15) is 0 Å². The SMILES string of the molecule is Clc1cncc(NCC2CC2)c1Cl. The molecule has 0 aromatic carbocycles. The maximum absolute atomic E-state index is 5.96. The van der Waals surface area contributed by atoms with Gasteiger partial charge in [-0.05, 0) is 18.8 Å². The Bertz CT molecular complexity index is 310. The van der Waals surface area contributed by atoms with Gasteiger partial charge in [-0.15, -0.1) is 0 Å². The van der Waals surface area contributed by atoms with Gasteiger partial charge in [-0.1, -0.05) is 23.2 Å². The van der Waals surface area contributed by atoms with E-state index in [2.05, 4.69) is 10.3 Å². The Morgan fingerprint density at radius 3 is 2.85 bits per heavy atom. The number of rotatable bonds is 3. The van der Waals surface area contributed by atoms with E-state index in [9.17, 15) is 0 Å². The first-order valence-electron chi connectivity index (χ1n) is 4.30. The third-order valence-electron chi connectivity index (χ3n) is 2.12. The van der Waals surface area contributed by atoms with Gasteiger partial charge in [0.15, 0.2) is 0 Å². The van der Waals surface area contributed by atoms with Crippen LogP contribution in [-0.2, 0) is 0 Å². The molecular formula is C9H10Cl2N2. The maximum Gasteiger partial charge on any atom is 0.0855 e. The normalized spacial score (nSPS) is 15.8. The van der Waals surface area contributed by atoms with Crippen LogP contribution in [0.5, 0.6) is 0 Å². The van der Waals surface area contributed by atoms with Crippen LogP contribution in [0.4, 0.5) is 5.69 Å². The van der Waals surface area contributed by atoms with E-state index in [-0.39, 0.29) is 0 Å². The molecule has 0 aliphatic heterocycles. The van der Waals surface area contributed by atoms with E-state index in [0.717, 1.165) is 18.2 Å². The fourth-order valence-corrected chi connectivity index (χ4v) is 1.44. The van der Waals surface area contributed by atoms with E-state index in [1.54, 1.807) is 12.4 Å². The summed E-state index contributed by atoms with van der Waals surface area (Å²) in [7, 11) is 0. The van der Waals surface area contributed by atoms with Gasteiger partial charge in [-0.25, -0.2) is 0 Å². The molecular weight excluding hydrogens is 207 g/mol. The van der Waals surface area contributed by atoms with Crippen LogP contribution in [0.15, 0.2) is 12.4 Å². The van der Waals surface area contributed by atoms with Crippen LogP contribution in [0.3, 0.4) is 0 Å². The van der Waals surface area contributed by atoms with Gasteiger partial charge in [0.05, 0.1) is 21.9 Å². The topological polar surface area (TPSA) is 24.9 Å². The molecule has 0 bridgehead atoms. The predicted octanol–water partition coefficient (Wildman–Crippen LogP) is 3.21. The van der Waals surface area contributed by atoms with Crippen LogP contribution >= 0.6 is 23.2 Å². The summed E-state index contributed by atoms with van der Waals surface area (Å²) in [5.74, 6) is 0.815. The first-order valence-corrected chi connectivity index (χ1v) is 5.06. The molecule has 2 rings (SSSR count). The van der Waals surface area contributed by atoms with Gasteiger partial charge >= 0.3 is 0 Å². The lowest BCUT2D eigenvalue weighted by Crippen LogP contribution is -2.03. The monoisotopic (exact) mass is 216 g/mol. The van der Waals surface area contributed by atoms with E-state index >= 15 is 0 Å². The van der Waals surface area contributed by atoms with Crippen molar-refractivity contribution in [1.82, 2.24) is 4.98 Å². The smallest absolute Gasteiger partial charge is 0.0855 e. The van der Waals surface area contributed by atoms with Crippen molar-refractivity contribution in [3.05, 3.63) is 22.4 Å². The molecule has 1 aliphatic rings. The van der Waals surface area contributed by atoms with Crippen molar-refractivity contribution in [3.8, 4) is 0 Å². The number of pyridine rings is 1. The molecule has 1 aromatic heterocycles. The molecule has 1 fully saturated rings. The highest BCUT2D eigenvalue weighted by atomic mass is 35.5. The first-order chi connectivity index (χ1) is 6.27. The second kappa shape index (κ2) is 3.72. The fourth-order valence-electron chi connectivity index (χ4n) is 1.12. The average molecular weight is 217 g/mol. The standard InChI is InChI=1S/C9H10Cl2N2/c10-7-4-12-5-8(9(7)11)13-3-6-1-2-6/h4-6,13H,1-3H2. The molecule has 70 valence electrons. The molecule has 0 amide bonds. The van der Waals surface area contributed by atoms with Crippen molar-refractivity contribution in [2.24, 2.45) is 5.92 Å². The van der Waals surface area contributed by atoms with E-state index in [0.29, 0.717) is 10.0 Å². The molecule has 1 N–H and O–H groups in total. The summed E-state index contributed by atoms with van der Waals surface area (Å²) in [6.45, 7) is 0.974. The molecule has 1 heterocycles. The van der Waals surface area contributed by atoms with Gasteiger partial charge in [0.2, 0.25) is 0 Å². The lowest BCUT2D eigenvalue weighted by atomic mass is 10.3. The van der Waals surface area contributed by atoms with Crippen molar-refractivity contribution >= 4 is 28.9 Å². The minimum atomic E-state index is 0.502. The maximum atomic E-state index is 5.96. The third kappa shape index (κ3) is 2.26. The third-order valence-corrected chi connectivity index (χ3v) is 2.91. The van der Waals surface area contributed by atoms with E-state index < -0.39 is 0 Å². The highest BCUT2D eigenvalue weighted by Gasteiger charge is 2.21. The van der Waals surface area contributed by atoms with Crippen LogP contribution in [0.2, 0.25) is 10.0 Å². The van der Waals surface area contributed by atoms with E-state index in [4.69, 9.17) is 23.2 Å². The summed E-state index contributed by atoms with van der Waals surface area (Å²) in [4.78, 5) is 3.96. The second-order valence-corrected chi connectivity index (χ2v) is 4.09. The van der Waals surface area contributed by atoms with E-state index in [1.165, 1.54) is 12.8 Å². The zero-order valence-electron chi connectivity index (χ0n) is 7.06. The second-order valence-electron chi connectivity index (χ2n) is 3.31. The number of hydrogen-bond acceptors (Lipinski definition) is 2. The first kappa shape index (κ1) is 9.10. The Kier molecular flexibility index (Phi) is 2.61. The number of nitrogens with one attached hydrogen (secondary N) is 1. The minimum absolute atomic E-state index is 0.502. The van der Waals surface area contributed by atoms with E-state index in [1.807, 2.05) is 0 Å². The lowest BCUT2D eigenvalue weighted by molar-refractivity contribution is 0.888. The molecule has 1 saturated carbocycles. The number of aromatic nitrogens is 1. The highest BCUT2D eigenvalue weighted by Crippen LogP contribution is 2.32. The Hall–Kier alpha value is -0.470. The number of halogens is 2. The van der Waals surface area contributed by atoms with Gasteiger partial charge in [0.25, 0.3) is 0 Å². The molecule has 4 heteroatoms. The van der Waals surface area contributed by atoms with Crippen LogP contribution in [0, 0.1) is 5.92 Å². The van der Waals surface area contributed by atoms with Crippen molar-refractivity contribution in [1.29, 1.82) is 0 Å². The minimum Gasteiger partial charge on any atom is -0.382 e. The number of anilines is 1. The van der Waals surface area contributed by atoms with Crippen LogP contribution in [0.1, 0.15) is 12.8 Å². The van der Waals surface area contributed by atoms with Gasteiger partial charge in [0, 0.05) is 12.7 Å². The summed E-state index contributed by atoms with van der Waals surface area (Å²) in [5, 5.41) is 4.31. The Labute approximate surface area is 87.3 Å². The summed E-state index contributed by atoms with van der Waals surface area (Å²) in [5.41, 5.74) is 0.834. The van der Waals surface area contributed by atoms with Crippen molar-refractivity contribution < 1.29 is 0 Å². The molecule has 0 unspecified atom stereocenters. The summed E-state index contributed by atoms with van der Waals surface area (Å²) in [6, 6.07) is 0. The molecule has 13 heavy (non-hydrogen) atoms. The largest absolute Gasteiger partial charge is 0.382 e. The van der Waals surface area contributed by atoms with Crippen LogP contribution in [0.25, 0.3) is 0 Å². The quantitative estimate of drug-likeness (QED) is 0.840. The Morgan fingerprint density at radius 2 is 2.15 bits per heavy atom. The fraction of sp³-hybridized carbons (Fsp3) is 0.444. The van der Waals surface area contributed by atoms with Crippen LogP contribution < -0.4 is 5.32 Å². The highest BCUT2D eigenvalue weighted by molar-refractivity contribution is 6.43. The van der Waals surface area contributed by atoms with Crippen molar-refractivity contribution in [2.75, 3.05) is 11.9 Å². The molecule has 1 aliphatic carbocycles. The Morgan fingerprint density at radius 1 is 1.38 bits per heavy atom. The lowest BCUT2D eigenvalue weighted by Gasteiger charge is -2.07. The van der Waals surface area contributed by atoms with Gasteiger partial charge < -0.3 is 5.32 Å². The van der Waals surface area contributed by atoms with Gasteiger partial charge in [-0.3, -0.25) is 4.98 Å². The van der Waals surface area contributed by atoms with Crippen molar-refractivity contribution in [3.63, 3.8) is 0 Å². The average Bonchev–Trinajstić information content (AvgIpc) is 2.91. The molecule has 0 saturated heterocycles. The zero-order valence-corrected chi connectivity index (χ0v) is 8.57. The molecule has 0 spiro atoms. The van der Waals surface area contributed by atoms with Crippen LogP contribution in [-0.4, -0.2) is 11.5 Å². The molecule has 1 aromatic rings. The summed E-state index contributed by atoms with van der Waals surface area (Å²) < 4.78 is 0. The zero-order chi connectivity index (χ0) is 9.26. The Balaban J connectivity index is 2.05.